The van der Waals surface area contributed by atoms with Crippen LogP contribution in [0.3, 0.4) is 0 Å². The summed E-state index contributed by atoms with van der Waals surface area (Å²) < 4.78 is 24.6. The molecule has 0 aliphatic heterocycles. The first kappa shape index (κ1) is 54.4. The van der Waals surface area contributed by atoms with E-state index in [0.717, 1.165) is 44.9 Å². The molecule has 396 valence electrons. The van der Waals surface area contributed by atoms with Gasteiger partial charge >= 0.3 is 0 Å². The smallest absolute Gasteiger partial charge is 0.125 e. The van der Waals surface area contributed by atoms with E-state index in [9.17, 15) is 20.4 Å². The van der Waals surface area contributed by atoms with Crippen molar-refractivity contribution >= 4 is 0 Å². The summed E-state index contributed by atoms with van der Waals surface area (Å²) in [7, 11) is 0. The highest BCUT2D eigenvalue weighted by molar-refractivity contribution is 5.89. The fourth-order valence-corrected chi connectivity index (χ4v) is 12.5. The van der Waals surface area contributed by atoms with Crippen LogP contribution in [0.25, 0.3) is 22.3 Å². The molecule has 0 saturated carbocycles. The van der Waals surface area contributed by atoms with Crippen LogP contribution >= 0.6 is 0 Å². The SMILES string of the molecule is CC1C=C(C2(C3=CC(C)C(C)(OCCO)C=C3)c3ccccc3-c3ccccc32)C=CC1(C)OCCO.Cc1ccc(C2(c3ccc(C)c(OCC(C)O)c3C)c3ccccc3-c3ccccc32)c(C)c1OCC(C)O. The van der Waals surface area contributed by atoms with E-state index in [2.05, 4.69) is 213 Å². The average molecular weight is 1020 g/mol. The summed E-state index contributed by atoms with van der Waals surface area (Å²) in [5, 5.41) is 38.7. The molecule has 0 fully saturated rings. The number of aryl methyl sites for hydroxylation is 2. The first-order valence-corrected chi connectivity index (χ1v) is 27.0. The minimum Gasteiger partial charge on any atom is -0.490 e. The van der Waals surface area contributed by atoms with E-state index in [-0.39, 0.29) is 38.3 Å². The number of ether oxygens (including phenoxy) is 4. The van der Waals surface area contributed by atoms with Crippen LogP contribution in [-0.4, -0.2) is 83.5 Å². The van der Waals surface area contributed by atoms with Gasteiger partial charge in [-0.05, 0) is 144 Å². The van der Waals surface area contributed by atoms with Gasteiger partial charge in [-0.1, -0.05) is 172 Å². The Morgan fingerprint density at radius 2 is 0.789 bits per heavy atom. The van der Waals surface area contributed by atoms with E-state index < -0.39 is 34.2 Å². The molecule has 0 amide bonds. The molecule has 76 heavy (non-hydrogen) atoms. The number of hydrogen-bond acceptors (Lipinski definition) is 8. The van der Waals surface area contributed by atoms with Crippen molar-refractivity contribution in [1.82, 2.24) is 0 Å². The topological polar surface area (TPSA) is 118 Å². The molecule has 4 aliphatic carbocycles. The van der Waals surface area contributed by atoms with E-state index in [1.165, 1.54) is 55.7 Å². The Balaban J connectivity index is 0.000000186. The molecule has 0 heterocycles. The zero-order valence-corrected chi connectivity index (χ0v) is 46.0. The number of fused-ring (bicyclic) bond motifs is 6. The minimum atomic E-state index is -0.616. The monoisotopic (exact) mass is 1020 g/mol. The van der Waals surface area contributed by atoms with Crippen LogP contribution in [0.15, 0.2) is 169 Å². The van der Waals surface area contributed by atoms with Gasteiger partial charge in [-0.3, -0.25) is 0 Å². The molecule has 0 saturated heterocycles. The van der Waals surface area contributed by atoms with Crippen molar-refractivity contribution < 1.29 is 39.4 Å². The Labute approximate surface area is 450 Å². The third-order valence-corrected chi connectivity index (χ3v) is 16.6. The van der Waals surface area contributed by atoms with Gasteiger partial charge in [0.1, 0.15) is 24.7 Å². The molecule has 10 rings (SSSR count). The highest BCUT2D eigenvalue weighted by atomic mass is 16.5. The zero-order chi connectivity index (χ0) is 54.2. The number of benzene rings is 6. The number of allylic oxidation sites excluding steroid dienone is 4. The lowest BCUT2D eigenvalue weighted by molar-refractivity contribution is -0.0359. The molecule has 6 aromatic rings. The molecule has 8 heteroatoms. The summed E-state index contributed by atoms with van der Waals surface area (Å²) in [6.45, 7) is 21.5. The molecule has 8 nitrogen and oxygen atoms in total. The Morgan fingerprint density at radius 3 is 1.11 bits per heavy atom. The van der Waals surface area contributed by atoms with Gasteiger partial charge in [-0.25, -0.2) is 0 Å². The van der Waals surface area contributed by atoms with E-state index in [1.54, 1.807) is 13.8 Å². The van der Waals surface area contributed by atoms with Crippen LogP contribution < -0.4 is 9.47 Å². The zero-order valence-electron chi connectivity index (χ0n) is 46.0. The third kappa shape index (κ3) is 9.31. The van der Waals surface area contributed by atoms with Gasteiger partial charge in [0.25, 0.3) is 0 Å². The molecule has 0 aromatic heterocycles. The molecular weight excluding hydrogens is 945 g/mol. The second-order valence-corrected chi connectivity index (χ2v) is 21.8. The molecule has 6 aromatic carbocycles. The highest BCUT2D eigenvalue weighted by Crippen LogP contribution is 2.61. The fraction of sp³-hybridized carbons (Fsp3) is 0.353. The van der Waals surface area contributed by atoms with Gasteiger partial charge in [0.05, 0.1) is 60.7 Å². The van der Waals surface area contributed by atoms with E-state index in [4.69, 9.17) is 18.9 Å². The normalized spacial score (nSPS) is 22.0. The summed E-state index contributed by atoms with van der Waals surface area (Å²) in [4.78, 5) is 0. The highest BCUT2D eigenvalue weighted by Gasteiger charge is 2.51. The first-order valence-electron chi connectivity index (χ1n) is 27.0. The second-order valence-electron chi connectivity index (χ2n) is 21.8. The van der Waals surface area contributed by atoms with Crippen molar-refractivity contribution in [3.8, 4) is 33.8 Å². The quantitative estimate of drug-likeness (QED) is 0.0756. The summed E-state index contributed by atoms with van der Waals surface area (Å²) in [5.41, 5.74) is 16.8. The van der Waals surface area contributed by atoms with Crippen LogP contribution in [0.2, 0.25) is 0 Å². The van der Waals surface area contributed by atoms with Gasteiger partial charge < -0.3 is 39.4 Å². The standard InChI is InChI=1S/C35H38O4.C33H38O4/c1-21-15-17-29(25(5)33(21)38-19-23(3)36)35(30-18-16-22(2)34(26(30)6)39-20-24(4)37)31-13-9-7-11-27(31)28-12-8-10-14-32(28)35;1-23-21-25(13-15-31(23,3)36-19-17-34)33(26-14-16-32(4,24(2)22-26)37-20-18-35)29-11-7-5-9-27(29)28-10-6-8-12-30(28)33/h7-18,23-24,36-37H,19-20H2,1-6H3;5-16,21-24,34-35H,17-20H2,1-4H3. The maximum Gasteiger partial charge on any atom is 0.125 e. The van der Waals surface area contributed by atoms with Crippen molar-refractivity contribution in [3.63, 3.8) is 0 Å². The van der Waals surface area contributed by atoms with Crippen LogP contribution in [0.1, 0.15) is 97.2 Å². The van der Waals surface area contributed by atoms with E-state index in [0.29, 0.717) is 13.2 Å². The van der Waals surface area contributed by atoms with Crippen molar-refractivity contribution in [2.24, 2.45) is 11.8 Å². The largest absolute Gasteiger partial charge is 0.490 e. The molecule has 0 bridgehead atoms. The van der Waals surface area contributed by atoms with Crippen molar-refractivity contribution in [2.45, 2.75) is 103 Å². The maximum atomic E-state index is 9.99. The Morgan fingerprint density at radius 1 is 0.461 bits per heavy atom. The predicted octanol–water partition coefficient (Wildman–Crippen LogP) is 12.6. The minimum absolute atomic E-state index is 0.00407. The third-order valence-electron chi connectivity index (χ3n) is 16.6. The van der Waals surface area contributed by atoms with Crippen LogP contribution in [0.5, 0.6) is 11.5 Å². The van der Waals surface area contributed by atoms with Gasteiger partial charge in [0.15, 0.2) is 0 Å². The van der Waals surface area contributed by atoms with Gasteiger partial charge in [0.2, 0.25) is 0 Å². The van der Waals surface area contributed by atoms with Crippen molar-refractivity contribution in [1.29, 1.82) is 0 Å². The lowest BCUT2D eigenvalue weighted by Gasteiger charge is -2.43. The summed E-state index contributed by atoms with van der Waals surface area (Å²) in [6, 6.07) is 43.5. The number of rotatable bonds is 16. The van der Waals surface area contributed by atoms with Crippen LogP contribution in [-0.2, 0) is 20.3 Å². The molecule has 4 N–H and O–H groups in total. The Hall–Kier alpha value is -6.36. The van der Waals surface area contributed by atoms with E-state index in [1.807, 2.05) is 0 Å². The maximum absolute atomic E-state index is 9.99. The summed E-state index contributed by atoms with van der Waals surface area (Å²) >= 11 is 0. The predicted molar refractivity (Wildman–Crippen MR) is 305 cm³/mol. The summed E-state index contributed by atoms with van der Waals surface area (Å²) in [5.74, 6) is 1.84. The van der Waals surface area contributed by atoms with Crippen molar-refractivity contribution in [3.05, 3.63) is 225 Å². The molecule has 0 spiro atoms. The van der Waals surface area contributed by atoms with Gasteiger partial charge in [-0.2, -0.15) is 0 Å². The molecular formula is C68H76O8. The molecule has 0 radical (unpaired) electrons. The Bertz CT molecular complexity index is 3010. The molecule has 6 atom stereocenters. The first-order chi connectivity index (χ1) is 36.5. The van der Waals surface area contributed by atoms with Gasteiger partial charge in [0, 0.05) is 11.8 Å². The molecule has 4 aliphatic rings. The van der Waals surface area contributed by atoms with Crippen molar-refractivity contribution in [2.75, 3.05) is 39.6 Å². The van der Waals surface area contributed by atoms with Crippen LogP contribution in [0.4, 0.5) is 0 Å². The van der Waals surface area contributed by atoms with Crippen LogP contribution in [0, 0.1) is 39.5 Å². The van der Waals surface area contributed by atoms with Gasteiger partial charge in [-0.15, -0.1) is 0 Å². The molecule has 6 unspecified atom stereocenters. The second kappa shape index (κ2) is 21.9. The fourth-order valence-electron chi connectivity index (χ4n) is 12.5. The lowest BCUT2D eigenvalue weighted by Crippen LogP contribution is -2.41. The summed E-state index contributed by atoms with van der Waals surface area (Å²) in [6.07, 6.45) is 12.4. The number of hydrogen-bond donors (Lipinski definition) is 4. The van der Waals surface area contributed by atoms with E-state index >= 15 is 0 Å². The lowest BCUT2D eigenvalue weighted by atomic mass is 9.62. The average Bonchev–Trinajstić information content (AvgIpc) is 4.05. The number of aliphatic hydroxyl groups excluding tert-OH is 4. The Kier molecular flexibility index (Phi) is 15.7. The number of aliphatic hydroxyl groups is 4.